The number of rotatable bonds is 4. The van der Waals surface area contributed by atoms with E-state index in [0.29, 0.717) is 18.8 Å². The molecule has 0 aromatic rings. The van der Waals surface area contributed by atoms with E-state index in [4.69, 9.17) is 5.11 Å². The summed E-state index contributed by atoms with van der Waals surface area (Å²) in [6, 6.07) is 0. The van der Waals surface area contributed by atoms with Crippen LogP contribution < -0.4 is 0 Å². The molecule has 5 heteroatoms. The molecule has 0 aromatic heterocycles. The van der Waals surface area contributed by atoms with Gasteiger partial charge in [0.1, 0.15) is 5.60 Å². The van der Waals surface area contributed by atoms with Gasteiger partial charge in [0.05, 0.1) is 0 Å². The molecule has 3 nitrogen and oxygen atoms in total. The molecule has 1 aliphatic carbocycles. The molecule has 0 saturated heterocycles. The second kappa shape index (κ2) is 5.29. The molecular formula is C12H20F2O3. The van der Waals surface area contributed by atoms with Crippen molar-refractivity contribution in [2.45, 2.75) is 63.4 Å². The standard InChI is InChI=1S/C12H20F2O3/c1-2-4-9-5-3-7-11(17,8-6-9)12(13,14)10(15)16/h9,17H,2-8H2,1H3,(H,15,16). The van der Waals surface area contributed by atoms with Gasteiger partial charge in [-0.15, -0.1) is 0 Å². The molecule has 2 unspecified atom stereocenters. The predicted molar refractivity (Wildman–Crippen MR) is 59.0 cm³/mol. The molecule has 100 valence electrons. The minimum Gasteiger partial charge on any atom is -0.477 e. The topological polar surface area (TPSA) is 57.5 Å². The number of aliphatic carboxylic acids is 1. The first-order chi connectivity index (χ1) is 7.83. The number of hydrogen-bond acceptors (Lipinski definition) is 2. The van der Waals surface area contributed by atoms with Gasteiger partial charge in [0.15, 0.2) is 0 Å². The Morgan fingerprint density at radius 1 is 1.41 bits per heavy atom. The van der Waals surface area contributed by atoms with E-state index < -0.39 is 17.5 Å². The lowest BCUT2D eigenvalue weighted by Gasteiger charge is -2.32. The molecule has 1 aliphatic rings. The van der Waals surface area contributed by atoms with Crippen molar-refractivity contribution >= 4 is 5.97 Å². The van der Waals surface area contributed by atoms with Crippen LogP contribution in [0.15, 0.2) is 0 Å². The third-order valence-corrected chi connectivity index (χ3v) is 3.72. The van der Waals surface area contributed by atoms with E-state index in [-0.39, 0.29) is 12.8 Å². The predicted octanol–water partition coefficient (Wildman–Crippen LogP) is 2.82. The van der Waals surface area contributed by atoms with Crippen LogP contribution in [-0.4, -0.2) is 27.7 Å². The Morgan fingerprint density at radius 2 is 2.06 bits per heavy atom. The maximum atomic E-state index is 13.5. The van der Waals surface area contributed by atoms with Gasteiger partial charge in [0.2, 0.25) is 0 Å². The Morgan fingerprint density at radius 3 is 2.59 bits per heavy atom. The van der Waals surface area contributed by atoms with Crippen molar-refractivity contribution in [3.05, 3.63) is 0 Å². The van der Waals surface area contributed by atoms with E-state index in [1.165, 1.54) is 0 Å². The lowest BCUT2D eigenvalue weighted by molar-refractivity contribution is -0.211. The summed E-state index contributed by atoms with van der Waals surface area (Å²) in [5, 5.41) is 18.4. The first-order valence-corrected chi connectivity index (χ1v) is 6.17. The zero-order valence-corrected chi connectivity index (χ0v) is 10.1. The normalized spacial score (nSPS) is 30.9. The highest BCUT2D eigenvalue weighted by Crippen LogP contribution is 2.41. The van der Waals surface area contributed by atoms with Gasteiger partial charge in [-0.2, -0.15) is 8.78 Å². The Hall–Kier alpha value is -0.710. The van der Waals surface area contributed by atoms with Gasteiger partial charge in [-0.1, -0.05) is 32.6 Å². The molecule has 0 amide bonds. The molecule has 1 fully saturated rings. The van der Waals surface area contributed by atoms with Gasteiger partial charge >= 0.3 is 11.9 Å². The molecule has 0 heterocycles. The fraction of sp³-hybridized carbons (Fsp3) is 0.917. The second-order valence-corrected chi connectivity index (χ2v) is 5.00. The number of halogens is 2. The summed E-state index contributed by atoms with van der Waals surface area (Å²) in [6.45, 7) is 2.03. The first-order valence-electron chi connectivity index (χ1n) is 6.17. The molecule has 1 rings (SSSR count). The number of carbonyl (C=O) groups is 1. The molecule has 0 aliphatic heterocycles. The van der Waals surface area contributed by atoms with E-state index in [0.717, 1.165) is 19.3 Å². The van der Waals surface area contributed by atoms with Crippen LogP contribution in [-0.2, 0) is 4.79 Å². The molecule has 17 heavy (non-hydrogen) atoms. The Bertz CT molecular complexity index is 281. The summed E-state index contributed by atoms with van der Waals surface area (Å²) in [6.07, 6.45) is 3.42. The molecule has 0 bridgehead atoms. The minimum absolute atomic E-state index is 0.128. The Labute approximate surface area is 99.8 Å². The zero-order chi connectivity index (χ0) is 13.1. The summed E-state index contributed by atoms with van der Waals surface area (Å²) in [5.41, 5.74) is -2.37. The zero-order valence-electron chi connectivity index (χ0n) is 10.1. The van der Waals surface area contributed by atoms with Gasteiger partial charge < -0.3 is 10.2 Å². The maximum absolute atomic E-state index is 13.5. The van der Waals surface area contributed by atoms with Crippen LogP contribution in [0, 0.1) is 5.92 Å². The third kappa shape index (κ3) is 2.94. The van der Waals surface area contributed by atoms with Gasteiger partial charge in [-0.25, -0.2) is 4.79 Å². The van der Waals surface area contributed by atoms with Crippen LogP contribution in [0.1, 0.15) is 51.9 Å². The largest absolute Gasteiger partial charge is 0.477 e. The highest BCUT2D eigenvalue weighted by molar-refractivity contribution is 5.77. The molecule has 2 atom stereocenters. The molecule has 0 spiro atoms. The van der Waals surface area contributed by atoms with Crippen molar-refractivity contribution in [1.29, 1.82) is 0 Å². The van der Waals surface area contributed by atoms with Crippen LogP contribution in [0.3, 0.4) is 0 Å². The monoisotopic (exact) mass is 250 g/mol. The van der Waals surface area contributed by atoms with E-state index in [2.05, 4.69) is 0 Å². The number of aliphatic hydroxyl groups is 1. The molecule has 0 aromatic carbocycles. The van der Waals surface area contributed by atoms with E-state index in [1.807, 2.05) is 6.92 Å². The summed E-state index contributed by atoms with van der Waals surface area (Å²) < 4.78 is 26.9. The second-order valence-electron chi connectivity index (χ2n) is 5.00. The van der Waals surface area contributed by atoms with Crippen molar-refractivity contribution in [2.75, 3.05) is 0 Å². The number of carboxylic acid groups (broad SMARTS) is 1. The fourth-order valence-corrected chi connectivity index (χ4v) is 2.61. The van der Waals surface area contributed by atoms with Gasteiger partial charge in [-0.05, 0) is 25.2 Å². The molecule has 2 N–H and O–H groups in total. The SMILES string of the molecule is CCCC1CCCC(O)(C(F)(F)C(=O)O)CC1. The van der Waals surface area contributed by atoms with E-state index >= 15 is 0 Å². The molecular weight excluding hydrogens is 230 g/mol. The number of hydrogen-bond donors (Lipinski definition) is 2. The smallest absolute Gasteiger partial charge is 0.377 e. The van der Waals surface area contributed by atoms with E-state index in [9.17, 15) is 18.7 Å². The summed E-state index contributed by atoms with van der Waals surface area (Å²) in [4.78, 5) is 10.5. The summed E-state index contributed by atoms with van der Waals surface area (Å²) in [5.74, 6) is -5.94. The quantitative estimate of drug-likeness (QED) is 0.754. The molecule has 1 saturated carbocycles. The van der Waals surface area contributed by atoms with Crippen LogP contribution in [0.25, 0.3) is 0 Å². The average Bonchev–Trinajstić information content (AvgIpc) is 2.43. The fourth-order valence-electron chi connectivity index (χ4n) is 2.61. The Kier molecular flexibility index (Phi) is 4.47. The van der Waals surface area contributed by atoms with Crippen molar-refractivity contribution in [2.24, 2.45) is 5.92 Å². The lowest BCUT2D eigenvalue weighted by Crippen LogP contribution is -2.53. The van der Waals surface area contributed by atoms with Gasteiger partial charge in [0, 0.05) is 0 Å². The van der Waals surface area contributed by atoms with Crippen LogP contribution in [0.5, 0.6) is 0 Å². The third-order valence-electron chi connectivity index (χ3n) is 3.72. The van der Waals surface area contributed by atoms with Crippen LogP contribution >= 0.6 is 0 Å². The van der Waals surface area contributed by atoms with Crippen LogP contribution in [0.4, 0.5) is 8.78 Å². The Balaban J connectivity index is 2.75. The summed E-state index contributed by atoms with van der Waals surface area (Å²) >= 11 is 0. The van der Waals surface area contributed by atoms with Crippen molar-refractivity contribution in [3.63, 3.8) is 0 Å². The average molecular weight is 250 g/mol. The lowest BCUT2D eigenvalue weighted by atomic mass is 9.86. The first kappa shape index (κ1) is 14.4. The molecule has 0 radical (unpaired) electrons. The van der Waals surface area contributed by atoms with Gasteiger partial charge in [0.25, 0.3) is 0 Å². The van der Waals surface area contributed by atoms with Crippen LogP contribution in [0.2, 0.25) is 0 Å². The van der Waals surface area contributed by atoms with E-state index in [1.54, 1.807) is 0 Å². The maximum Gasteiger partial charge on any atom is 0.377 e. The summed E-state index contributed by atoms with van der Waals surface area (Å²) in [7, 11) is 0. The highest BCUT2D eigenvalue weighted by Gasteiger charge is 2.58. The van der Waals surface area contributed by atoms with Crippen molar-refractivity contribution in [3.8, 4) is 0 Å². The minimum atomic E-state index is -4.05. The number of alkyl halides is 2. The van der Waals surface area contributed by atoms with Crippen molar-refractivity contribution < 1.29 is 23.8 Å². The van der Waals surface area contributed by atoms with Crippen molar-refractivity contribution in [1.82, 2.24) is 0 Å². The number of carboxylic acids is 1. The highest BCUT2D eigenvalue weighted by atomic mass is 19.3. The van der Waals surface area contributed by atoms with Gasteiger partial charge in [-0.3, -0.25) is 0 Å².